The molecule has 0 aliphatic heterocycles. The minimum atomic E-state index is -0.508. The first kappa shape index (κ1) is 13.5. The van der Waals surface area contributed by atoms with Gasteiger partial charge in [0.2, 0.25) is 0 Å². The molecule has 0 atom stereocenters. The Bertz CT molecular complexity index is 656. The number of aromatic nitrogens is 2. The second-order valence-corrected chi connectivity index (χ2v) is 3.78. The molecule has 7 heteroatoms. The van der Waals surface area contributed by atoms with E-state index in [1.54, 1.807) is 31.4 Å². The average Bonchev–Trinajstić information content (AvgIpc) is 2.48. The van der Waals surface area contributed by atoms with Crippen molar-refractivity contribution in [3.8, 4) is 5.75 Å². The number of aromatic amines is 1. The van der Waals surface area contributed by atoms with Gasteiger partial charge in [0.15, 0.2) is 5.69 Å². The van der Waals surface area contributed by atoms with E-state index in [1.165, 1.54) is 18.3 Å². The molecule has 0 fully saturated rings. The van der Waals surface area contributed by atoms with E-state index in [2.05, 4.69) is 20.7 Å². The molecule has 1 heterocycles. The van der Waals surface area contributed by atoms with Gasteiger partial charge in [-0.1, -0.05) is 0 Å². The van der Waals surface area contributed by atoms with Crippen molar-refractivity contribution in [1.29, 1.82) is 0 Å². The van der Waals surface area contributed by atoms with Gasteiger partial charge in [-0.2, -0.15) is 10.2 Å². The van der Waals surface area contributed by atoms with Crippen LogP contribution in [-0.4, -0.2) is 29.4 Å². The molecular formula is C13H12N4O3. The third-order valence-electron chi connectivity index (χ3n) is 2.41. The number of carbonyl (C=O) groups excluding carboxylic acids is 1. The molecule has 1 aromatic heterocycles. The Morgan fingerprint density at radius 1 is 1.30 bits per heavy atom. The molecule has 0 bridgehead atoms. The van der Waals surface area contributed by atoms with E-state index in [1.807, 2.05) is 0 Å². The van der Waals surface area contributed by atoms with Gasteiger partial charge in [-0.05, 0) is 35.9 Å². The van der Waals surface area contributed by atoms with Gasteiger partial charge in [0, 0.05) is 6.07 Å². The van der Waals surface area contributed by atoms with Crippen molar-refractivity contribution in [3.05, 3.63) is 58.0 Å². The molecule has 2 N–H and O–H groups in total. The van der Waals surface area contributed by atoms with E-state index in [4.69, 9.17) is 4.74 Å². The van der Waals surface area contributed by atoms with Crippen molar-refractivity contribution in [2.24, 2.45) is 5.10 Å². The van der Waals surface area contributed by atoms with Crippen LogP contribution in [0.1, 0.15) is 16.1 Å². The van der Waals surface area contributed by atoms with E-state index in [0.29, 0.717) is 0 Å². The molecule has 0 saturated heterocycles. The maximum atomic E-state index is 11.6. The smallest absolute Gasteiger partial charge is 0.291 e. The van der Waals surface area contributed by atoms with Gasteiger partial charge in [0.1, 0.15) is 5.75 Å². The Morgan fingerprint density at radius 3 is 2.65 bits per heavy atom. The summed E-state index contributed by atoms with van der Waals surface area (Å²) in [5.74, 6) is 0.231. The number of nitrogens with zero attached hydrogens (tertiary/aromatic N) is 2. The predicted molar refractivity (Wildman–Crippen MR) is 72.9 cm³/mol. The number of hydrazone groups is 1. The molecule has 102 valence electrons. The minimum Gasteiger partial charge on any atom is -0.497 e. The first-order valence-corrected chi connectivity index (χ1v) is 5.72. The predicted octanol–water partition coefficient (Wildman–Crippen LogP) is 0.542. The van der Waals surface area contributed by atoms with E-state index in [9.17, 15) is 9.59 Å². The van der Waals surface area contributed by atoms with Crippen LogP contribution in [0.5, 0.6) is 5.75 Å². The van der Waals surface area contributed by atoms with Crippen LogP contribution in [0.4, 0.5) is 0 Å². The molecule has 2 rings (SSSR count). The van der Waals surface area contributed by atoms with Gasteiger partial charge in [-0.15, -0.1) is 0 Å². The lowest BCUT2D eigenvalue weighted by atomic mass is 10.2. The number of benzene rings is 1. The molecule has 0 spiro atoms. The van der Waals surface area contributed by atoms with Crippen LogP contribution in [0.25, 0.3) is 0 Å². The normalized spacial score (nSPS) is 10.4. The van der Waals surface area contributed by atoms with E-state index in [0.717, 1.165) is 11.3 Å². The molecule has 1 amide bonds. The van der Waals surface area contributed by atoms with Gasteiger partial charge in [-0.25, -0.2) is 10.5 Å². The summed E-state index contributed by atoms with van der Waals surface area (Å²) in [5.41, 5.74) is 2.82. The average molecular weight is 272 g/mol. The first-order chi connectivity index (χ1) is 9.69. The highest BCUT2D eigenvalue weighted by atomic mass is 16.5. The van der Waals surface area contributed by atoms with Crippen LogP contribution in [0.3, 0.4) is 0 Å². The molecule has 0 unspecified atom stereocenters. The van der Waals surface area contributed by atoms with E-state index >= 15 is 0 Å². The van der Waals surface area contributed by atoms with E-state index < -0.39 is 5.91 Å². The zero-order chi connectivity index (χ0) is 14.4. The Labute approximate surface area is 114 Å². The summed E-state index contributed by atoms with van der Waals surface area (Å²) in [6.45, 7) is 0. The number of nitrogens with one attached hydrogen (secondary N) is 2. The summed E-state index contributed by atoms with van der Waals surface area (Å²) in [6.07, 6.45) is 1.49. The second-order valence-electron chi connectivity index (χ2n) is 3.78. The molecule has 0 saturated carbocycles. The Hall–Kier alpha value is -2.96. The highest BCUT2D eigenvalue weighted by Crippen LogP contribution is 2.09. The van der Waals surface area contributed by atoms with Crippen LogP contribution >= 0.6 is 0 Å². The van der Waals surface area contributed by atoms with Gasteiger partial charge in [0.25, 0.3) is 11.5 Å². The standard InChI is InChI=1S/C13H12N4O3/c1-20-10-4-2-9(3-5-10)8-14-17-13(19)11-6-7-12(18)16-15-11/h2-8H,1H3,(H,16,18)(H,17,19)/b14-8+. The molecule has 0 aliphatic rings. The first-order valence-electron chi connectivity index (χ1n) is 5.72. The number of ether oxygens (including phenoxy) is 1. The number of amides is 1. The lowest BCUT2D eigenvalue weighted by Gasteiger charge is -1.99. The number of carbonyl (C=O) groups is 1. The number of rotatable bonds is 4. The zero-order valence-corrected chi connectivity index (χ0v) is 10.7. The largest absolute Gasteiger partial charge is 0.497 e. The quantitative estimate of drug-likeness (QED) is 0.627. The fourth-order valence-electron chi connectivity index (χ4n) is 1.38. The third-order valence-corrected chi connectivity index (χ3v) is 2.41. The van der Waals surface area contributed by atoms with Crippen molar-refractivity contribution in [2.75, 3.05) is 7.11 Å². The molecule has 2 aromatic rings. The van der Waals surface area contributed by atoms with Crippen LogP contribution in [0.2, 0.25) is 0 Å². The lowest BCUT2D eigenvalue weighted by molar-refractivity contribution is 0.0949. The summed E-state index contributed by atoms with van der Waals surface area (Å²) in [5, 5.41) is 9.55. The summed E-state index contributed by atoms with van der Waals surface area (Å²) >= 11 is 0. The molecule has 7 nitrogen and oxygen atoms in total. The lowest BCUT2D eigenvalue weighted by Crippen LogP contribution is -2.21. The van der Waals surface area contributed by atoms with Crippen molar-refractivity contribution in [1.82, 2.24) is 15.6 Å². The number of hydrogen-bond donors (Lipinski definition) is 2. The van der Waals surface area contributed by atoms with Gasteiger partial charge < -0.3 is 4.74 Å². The highest BCUT2D eigenvalue weighted by Gasteiger charge is 2.05. The summed E-state index contributed by atoms with van der Waals surface area (Å²) in [7, 11) is 1.58. The van der Waals surface area contributed by atoms with Crippen LogP contribution in [-0.2, 0) is 0 Å². The van der Waals surface area contributed by atoms with Gasteiger partial charge in [0.05, 0.1) is 13.3 Å². The Morgan fingerprint density at radius 2 is 2.05 bits per heavy atom. The topological polar surface area (TPSA) is 96.4 Å². The van der Waals surface area contributed by atoms with E-state index in [-0.39, 0.29) is 11.3 Å². The minimum absolute atomic E-state index is 0.0801. The molecule has 0 aliphatic carbocycles. The van der Waals surface area contributed by atoms with Crippen molar-refractivity contribution in [2.45, 2.75) is 0 Å². The fraction of sp³-hybridized carbons (Fsp3) is 0.0769. The highest BCUT2D eigenvalue weighted by molar-refractivity contribution is 5.92. The summed E-state index contributed by atoms with van der Waals surface area (Å²) in [4.78, 5) is 22.4. The van der Waals surface area contributed by atoms with Crippen molar-refractivity contribution < 1.29 is 9.53 Å². The summed E-state index contributed by atoms with van der Waals surface area (Å²) in [6, 6.07) is 9.70. The molecule has 20 heavy (non-hydrogen) atoms. The SMILES string of the molecule is COc1ccc(/C=N/NC(=O)c2ccc(=O)[nH]n2)cc1. The fourth-order valence-corrected chi connectivity index (χ4v) is 1.38. The molecular weight excluding hydrogens is 260 g/mol. The van der Waals surface area contributed by atoms with Crippen LogP contribution in [0, 0.1) is 0 Å². The molecule has 0 radical (unpaired) electrons. The van der Waals surface area contributed by atoms with Crippen LogP contribution < -0.4 is 15.7 Å². The third kappa shape index (κ3) is 3.52. The molecule has 1 aromatic carbocycles. The number of hydrogen-bond acceptors (Lipinski definition) is 5. The van der Waals surface area contributed by atoms with Crippen LogP contribution in [0.15, 0.2) is 46.3 Å². The number of H-pyrrole nitrogens is 1. The monoisotopic (exact) mass is 272 g/mol. The van der Waals surface area contributed by atoms with Crippen molar-refractivity contribution in [3.63, 3.8) is 0 Å². The Balaban J connectivity index is 1.96. The van der Waals surface area contributed by atoms with Gasteiger partial charge in [-0.3, -0.25) is 9.59 Å². The maximum Gasteiger partial charge on any atom is 0.291 e. The maximum absolute atomic E-state index is 11.6. The second kappa shape index (κ2) is 6.28. The zero-order valence-electron chi connectivity index (χ0n) is 10.7. The Kier molecular flexibility index (Phi) is 4.23. The summed E-state index contributed by atoms with van der Waals surface area (Å²) < 4.78 is 5.03. The number of methoxy groups -OCH3 is 1. The van der Waals surface area contributed by atoms with Crippen molar-refractivity contribution >= 4 is 12.1 Å². The van der Waals surface area contributed by atoms with Gasteiger partial charge >= 0.3 is 0 Å².